The van der Waals surface area contributed by atoms with Crippen LogP contribution in [0.2, 0.25) is 0 Å². The summed E-state index contributed by atoms with van der Waals surface area (Å²) in [6.07, 6.45) is 0. The first-order valence-corrected chi connectivity index (χ1v) is 8.06. The molecule has 0 bridgehead atoms. The monoisotopic (exact) mass is 336 g/mol. The highest BCUT2D eigenvalue weighted by atomic mass is 32.2. The highest BCUT2D eigenvalue weighted by molar-refractivity contribution is 7.91. The second-order valence-corrected chi connectivity index (χ2v) is 6.76. The predicted molar refractivity (Wildman–Crippen MR) is 81.3 cm³/mol. The smallest absolute Gasteiger partial charge is 0.263 e. The number of hydrogen-bond acceptors (Lipinski definition) is 6. The quantitative estimate of drug-likeness (QED) is 0.589. The Morgan fingerprint density at radius 2 is 1.00 bits per heavy atom. The molecule has 0 amide bonds. The van der Waals surface area contributed by atoms with Crippen molar-refractivity contribution in [3.63, 3.8) is 0 Å². The van der Waals surface area contributed by atoms with Crippen LogP contribution in [0.3, 0.4) is 0 Å². The molecule has 0 heterocycles. The number of nitro groups is 2. The van der Waals surface area contributed by atoms with Crippen molar-refractivity contribution in [2.45, 2.75) is 10.7 Å². The maximum absolute atomic E-state index is 12.6. The fourth-order valence-electron chi connectivity index (χ4n) is 2.22. The zero-order valence-corrected chi connectivity index (χ0v) is 12.5. The van der Waals surface area contributed by atoms with Crippen molar-refractivity contribution in [2.75, 3.05) is 0 Å². The van der Waals surface area contributed by atoms with Gasteiger partial charge < -0.3 is 0 Å². The minimum Gasteiger partial charge on any atom is -0.263 e. The SMILES string of the molecule is O=[N+]([O-])C(c1ccccc1)S(=O)(=O)C(c1ccccc1)[N+](=O)[O-]. The van der Waals surface area contributed by atoms with Crippen molar-refractivity contribution < 1.29 is 18.3 Å². The van der Waals surface area contributed by atoms with E-state index in [1.165, 1.54) is 48.5 Å². The summed E-state index contributed by atoms with van der Waals surface area (Å²) >= 11 is 0. The van der Waals surface area contributed by atoms with Crippen LogP contribution in [0, 0.1) is 20.2 Å². The first-order chi connectivity index (χ1) is 10.9. The third-order valence-corrected chi connectivity index (χ3v) is 5.31. The van der Waals surface area contributed by atoms with Crippen molar-refractivity contribution >= 4 is 9.84 Å². The van der Waals surface area contributed by atoms with Gasteiger partial charge in [-0.2, -0.15) is 0 Å². The van der Waals surface area contributed by atoms with E-state index in [1.54, 1.807) is 12.1 Å². The van der Waals surface area contributed by atoms with Crippen LogP contribution in [0.4, 0.5) is 0 Å². The van der Waals surface area contributed by atoms with Gasteiger partial charge in [-0.05, 0) is 0 Å². The van der Waals surface area contributed by atoms with Gasteiger partial charge in [-0.1, -0.05) is 60.7 Å². The van der Waals surface area contributed by atoms with E-state index in [9.17, 15) is 28.6 Å². The summed E-state index contributed by atoms with van der Waals surface area (Å²) in [4.78, 5) is 20.6. The van der Waals surface area contributed by atoms with E-state index >= 15 is 0 Å². The van der Waals surface area contributed by atoms with Gasteiger partial charge in [0.15, 0.2) is 0 Å². The molecule has 0 aromatic heterocycles. The largest absolute Gasteiger partial charge is 0.342 e. The molecule has 0 radical (unpaired) electrons. The van der Waals surface area contributed by atoms with Gasteiger partial charge in [0.1, 0.15) is 0 Å². The van der Waals surface area contributed by atoms with Gasteiger partial charge in [-0.25, -0.2) is 8.42 Å². The van der Waals surface area contributed by atoms with Gasteiger partial charge in [0.05, 0.1) is 0 Å². The molecule has 120 valence electrons. The van der Waals surface area contributed by atoms with Crippen LogP contribution >= 0.6 is 0 Å². The number of benzene rings is 2. The fourth-order valence-corrected chi connectivity index (χ4v) is 4.02. The number of nitrogens with zero attached hydrogens (tertiary/aromatic N) is 2. The Morgan fingerprint density at radius 1 is 0.696 bits per heavy atom. The number of sulfone groups is 1. The minimum atomic E-state index is -4.77. The molecule has 23 heavy (non-hydrogen) atoms. The van der Waals surface area contributed by atoms with E-state index in [0.717, 1.165) is 0 Å². The van der Waals surface area contributed by atoms with Crippen LogP contribution in [0.1, 0.15) is 21.9 Å². The highest BCUT2D eigenvalue weighted by Gasteiger charge is 2.51. The molecular weight excluding hydrogens is 324 g/mol. The maximum Gasteiger partial charge on any atom is 0.342 e. The molecule has 8 nitrogen and oxygen atoms in total. The summed E-state index contributed by atoms with van der Waals surface area (Å²) < 4.78 is 25.3. The van der Waals surface area contributed by atoms with Crippen LogP contribution in [-0.2, 0) is 9.84 Å². The van der Waals surface area contributed by atoms with Crippen molar-refractivity contribution in [1.82, 2.24) is 0 Å². The lowest BCUT2D eigenvalue weighted by Crippen LogP contribution is -2.30. The lowest BCUT2D eigenvalue weighted by molar-refractivity contribution is -0.518. The molecule has 0 fully saturated rings. The maximum atomic E-state index is 12.6. The Hall–Kier alpha value is -2.81. The first-order valence-electron chi connectivity index (χ1n) is 6.45. The Balaban J connectivity index is 2.60. The molecule has 2 aromatic carbocycles. The van der Waals surface area contributed by atoms with E-state index in [4.69, 9.17) is 0 Å². The van der Waals surface area contributed by atoms with E-state index in [1.807, 2.05) is 0 Å². The second-order valence-electron chi connectivity index (χ2n) is 4.69. The average Bonchev–Trinajstić information content (AvgIpc) is 2.48. The second kappa shape index (κ2) is 6.53. The summed E-state index contributed by atoms with van der Waals surface area (Å²) in [5, 5.41) is 18.2. The molecule has 0 spiro atoms. The standard InChI is InChI=1S/C14H12N2O6S/c17-15(18)13(11-7-3-1-4-8-11)23(21,22)14(16(19)20)12-9-5-2-6-10-12/h1-10,13-14H. The number of rotatable bonds is 6. The van der Waals surface area contributed by atoms with Crippen molar-refractivity contribution in [2.24, 2.45) is 0 Å². The summed E-state index contributed by atoms with van der Waals surface area (Å²) in [5.41, 5.74) is -0.249. The van der Waals surface area contributed by atoms with Gasteiger partial charge in [0.2, 0.25) is 0 Å². The van der Waals surface area contributed by atoms with Gasteiger partial charge in [-0.15, -0.1) is 0 Å². The van der Waals surface area contributed by atoms with E-state index < -0.39 is 30.4 Å². The van der Waals surface area contributed by atoms with Crippen LogP contribution in [-0.4, -0.2) is 18.3 Å². The zero-order chi connectivity index (χ0) is 17.0. The summed E-state index contributed by atoms with van der Waals surface area (Å²) in [6.45, 7) is 0. The van der Waals surface area contributed by atoms with Crippen molar-refractivity contribution in [3.05, 3.63) is 92.0 Å². The lowest BCUT2D eigenvalue weighted by atomic mass is 10.2. The molecule has 0 aliphatic heterocycles. The molecule has 0 saturated heterocycles. The lowest BCUT2D eigenvalue weighted by Gasteiger charge is -2.14. The van der Waals surface area contributed by atoms with Gasteiger partial charge >= 0.3 is 10.7 Å². The molecule has 2 rings (SSSR count). The normalized spacial score (nSPS) is 13.9. The Kier molecular flexibility index (Phi) is 4.70. The van der Waals surface area contributed by atoms with Gasteiger partial charge in [-0.3, -0.25) is 20.2 Å². The fraction of sp³-hybridized carbons (Fsp3) is 0.143. The third-order valence-electron chi connectivity index (χ3n) is 3.17. The Bertz CT molecular complexity index is 744. The zero-order valence-electron chi connectivity index (χ0n) is 11.7. The topological polar surface area (TPSA) is 120 Å². The summed E-state index contributed by atoms with van der Waals surface area (Å²) in [7, 11) is -4.77. The van der Waals surface area contributed by atoms with E-state index in [-0.39, 0.29) is 11.1 Å². The number of hydrogen-bond donors (Lipinski definition) is 0. The first kappa shape index (κ1) is 16.6. The molecule has 9 heteroatoms. The molecule has 0 N–H and O–H groups in total. The molecule has 2 atom stereocenters. The molecule has 0 aliphatic rings. The van der Waals surface area contributed by atoms with Crippen LogP contribution < -0.4 is 0 Å². The Morgan fingerprint density at radius 3 is 1.26 bits per heavy atom. The van der Waals surface area contributed by atoms with Crippen LogP contribution in [0.5, 0.6) is 0 Å². The van der Waals surface area contributed by atoms with E-state index in [0.29, 0.717) is 0 Å². The van der Waals surface area contributed by atoms with Gasteiger partial charge in [0, 0.05) is 21.0 Å². The molecule has 0 saturated carbocycles. The summed E-state index contributed by atoms with van der Waals surface area (Å²) in [5.74, 6) is 0. The molecule has 0 aliphatic carbocycles. The van der Waals surface area contributed by atoms with Crippen LogP contribution in [0.15, 0.2) is 60.7 Å². The van der Waals surface area contributed by atoms with Crippen molar-refractivity contribution in [1.29, 1.82) is 0 Å². The molecular formula is C14H12N2O6S. The molecule has 2 unspecified atom stereocenters. The highest BCUT2D eigenvalue weighted by Crippen LogP contribution is 2.34. The third kappa shape index (κ3) is 3.34. The average molecular weight is 336 g/mol. The predicted octanol–water partition coefficient (Wildman–Crippen LogP) is 2.35. The molecule has 2 aromatic rings. The van der Waals surface area contributed by atoms with Crippen molar-refractivity contribution in [3.8, 4) is 0 Å². The van der Waals surface area contributed by atoms with Crippen LogP contribution in [0.25, 0.3) is 0 Å². The summed E-state index contributed by atoms with van der Waals surface area (Å²) in [6, 6.07) is 13.9. The van der Waals surface area contributed by atoms with E-state index in [2.05, 4.69) is 0 Å². The van der Waals surface area contributed by atoms with Gasteiger partial charge in [0.25, 0.3) is 9.84 Å². The Labute approximate surface area is 131 Å². The minimum absolute atomic E-state index is 0.125.